The molecule has 5 nitrogen and oxygen atoms in total. The highest BCUT2D eigenvalue weighted by atomic mass is 16.5. The lowest BCUT2D eigenvalue weighted by molar-refractivity contribution is -0.0765. The third-order valence-electron chi connectivity index (χ3n) is 4.48. The van der Waals surface area contributed by atoms with E-state index in [1.165, 1.54) is 10.6 Å². The molecule has 2 aromatic carbocycles. The summed E-state index contributed by atoms with van der Waals surface area (Å²) in [4.78, 5) is 12.9. The minimum absolute atomic E-state index is 0.292. The SMILES string of the molecule is CCc1ccc([C@]2(O)CC(C)=NN2C(=O)c2ccc(OC)cc2)cc1. The number of carbonyl (C=O) groups excluding carboxylic acids is 1. The van der Waals surface area contributed by atoms with Crippen LogP contribution in [0.4, 0.5) is 0 Å². The number of methoxy groups -OCH3 is 1. The van der Waals surface area contributed by atoms with Crippen LogP contribution in [-0.4, -0.2) is 28.8 Å². The third-order valence-corrected chi connectivity index (χ3v) is 4.48. The normalized spacial score (nSPS) is 19.7. The monoisotopic (exact) mass is 338 g/mol. The van der Waals surface area contributed by atoms with Crippen LogP contribution >= 0.6 is 0 Å². The van der Waals surface area contributed by atoms with Gasteiger partial charge in [-0.2, -0.15) is 10.1 Å². The Morgan fingerprint density at radius 1 is 1.20 bits per heavy atom. The van der Waals surface area contributed by atoms with E-state index in [2.05, 4.69) is 12.0 Å². The van der Waals surface area contributed by atoms with Crippen molar-refractivity contribution >= 4 is 11.6 Å². The highest BCUT2D eigenvalue weighted by Crippen LogP contribution is 2.36. The van der Waals surface area contributed by atoms with E-state index in [9.17, 15) is 9.90 Å². The Morgan fingerprint density at radius 3 is 2.40 bits per heavy atom. The number of aliphatic hydroxyl groups is 1. The summed E-state index contributed by atoms with van der Waals surface area (Å²) in [6.45, 7) is 3.89. The molecule has 1 amide bonds. The van der Waals surface area contributed by atoms with E-state index in [-0.39, 0.29) is 5.91 Å². The van der Waals surface area contributed by atoms with E-state index in [4.69, 9.17) is 4.74 Å². The van der Waals surface area contributed by atoms with Crippen LogP contribution in [-0.2, 0) is 12.1 Å². The molecule has 1 aliphatic heterocycles. The molecule has 0 aliphatic carbocycles. The van der Waals surface area contributed by atoms with Gasteiger partial charge in [-0.1, -0.05) is 31.2 Å². The van der Waals surface area contributed by atoms with Crippen LogP contribution in [0.1, 0.15) is 41.8 Å². The average molecular weight is 338 g/mol. The lowest BCUT2D eigenvalue weighted by Crippen LogP contribution is -2.43. The van der Waals surface area contributed by atoms with Gasteiger partial charge in [-0.25, -0.2) is 0 Å². The molecule has 0 unspecified atom stereocenters. The van der Waals surface area contributed by atoms with Crippen LogP contribution in [0.25, 0.3) is 0 Å². The second-order valence-electron chi connectivity index (χ2n) is 6.22. The minimum Gasteiger partial charge on any atom is -0.497 e. The highest BCUT2D eigenvalue weighted by Gasteiger charge is 2.45. The summed E-state index contributed by atoms with van der Waals surface area (Å²) in [7, 11) is 1.57. The zero-order valence-corrected chi connectivity index (χ0v) is 14.7. The summed E-state index contributed by atoms with van der Waals surface area (Å²) in [6.07, 6.45) is 1.21. The molecule has 2 aromatic rings. The molecule has 0 saturated carbocycles. The van der Waals surface area contributed by atoms with Gasteiger partial charge < -0.3 is 9.84 Å². The van der Waals surface area contributed by atoms with Crippen molar-refractivity contribution in [1.82, 2.24) is 5.01 Å². The lowest BCUT2D eigenvalue weighted by Gasteiger charge is -2.31. The Kier molecular flexibility index (Phi) is 4.59. The number of rotatable bonds is 4. The van der Waals surface area contributed by atoms with Gasteiger partial charge in [0, 0.05) is 23.3 Å². The molecule has 1 heterocycles. The largest absolute Gasteiger partial charge is 0.497 e. The van der Waals surface area contributed by atoms with Crippen LogP contribution in [0.2, 0.25) is 0 Å². The maximum atomic E-state index is 12.9. The minimum atomic E-state index is -1.46. The first-order valence-electron chi connectivity index (χ1n) is 8.32. The summed E-state index contributed by atoms with van der Waals surface area (Å²) in [6, 6.07) is 14.4. The first-order chi connectivity index (χ1) is 12.0. The summed E-state index contributed by atoms with van der Waals surface area (Å²) in [5.74, 6) is 0.324. The van der Waals surface area contributed by atoms with Crippen LogP contribution in [0, 0.1) is 0 Å². The molecule has 0 radical (unpaired) electrons. The van der Waals surface area contributed by atoms with Crippen molar-refractivity contribution in [3.8, 4) is 5.75 Å². The van der Waals surface area contributed by atoms with E-state index >= 15 is 0 Å². The number of benzene rings is 2. The quantitative estimate of drug-likeness (QED) is 0.930. The van der Waals surface area contributed by atoms with Crippen molar-refractivity contribution < 1.29 is 14.6 Å². The van der Waals surface area contributed by atoms with Crippen LogP contribution in [0.3, 0.4) is 0 Å². The zero-order chi connectivity index (χ0) is 18.0. The number of hydrogen-bond acceptors (Lipinski definition) is 4. The van der Waals surface area contributed by atoms with E-state index in [1.54, 1.807) is 31.4 Å². The van der Waals surface area contributed by atoms with Gasteiger partial charge in [0.1, 0.15) is 5.75 Å². The van der Waals surface area contributed by atoms with Gasteiger partial charge in [0.05, 0.1) is 7.11 Å². The third kappa shape index (κ3) is 3.15. The standard InChI is InChI=1S/C20H22N2O3/c1-4-15-5-9-17(10-6-15)20(24)13-14(2)21-22(20)19(23)16-7-11-18(25-3)12-8-16/h5-12,24H,4,13H2,1-3H3/t20-/m1/s1. The average Bonchev–Trinajstić information content (AvgIpc) is 2.96. The Labute approximate surface area is 147 Å². The summed E-state index contributed by atoms with van der Waals surface area (Å²) < 4.78 is 5.12. The summed E-state index contributed by atoms with van der Waals surface area (Å²) in [5.41, 5.74) is 1.53. The van der Waals surface area contributed by atoms with Crippen molar-refractivity contribution in [1.29, 1.82) is 0 Å². The molecule has 1 atom stereocenters. The van der Waals surface area contributed by atoms with Gasteiger partial charge in [-0.15, -0.1) is 0 Å². The molecule has 5 heteroatoms. The Balaban J connectivity index is 1.94. The number of nitrogens with zero attached hydrogens (tertiary/aromatic N) is 2. The molecule has 1 N–H and O–H groups in total. The van der Waals surface area contributed by atoms with Gasteiger partial charge in [0.2, 0.25) is 0 Å². The Bertz CT molecular complexity index is 797. The van der Waals surface area contributed by atoms with Crippen molar-refractivity contribution in [2.75, 3.05) is 7.11 Å². The van der Waals surface area contributed by atoms with Crippen molar-refractivity contribution in [3.05, 3.63) is 65.2 Å². The number of carbonyl (C=O) groups is 1. The molecule has 25 heavy (non-hydrogen) atoms. The zero-order valence-electron chi connectivity index (χ0n) is 14.7. The van der Waals surface area contributed by atoms with Crippen molar-refractivity contribution in [3.63, 3.8) is 0 Å². The molecular formula is C20H22N2O3. The molecule has 0 fully saturated rings. The van der Waals surface area contributed by atoms with Crippen LogP contribution in [0.15, 0.2) is 53.6 Å². The number of hydrazone groups is 1. The topological polar surface area (TPSA) is 62.1 Å². The van der Waals surface area contributed by atoms with E-state index in [1.807, 2.05) is 31.2 Å². The van der Waals surface area contributed by atoms with Gasteiger partial charge >= 0.3 is 0 Å². The second-order valence-corrected chi connectivity index (χ2v) is 6.22. The molecule has 3 rings (SSSR count). The predicted molar refractivity (Wildman–Crippen MR) is 96.6 cm³/mol. The van der Waals surface area contributed by atoms with Crippen LogP contribution < -0.4 is 4.74 Å². The summed E-state index contributed by atoms with van der Waals surface area (Å²) >= 11 is 0. The molecule has 0 saturated heterocycles. The smallest absolute Gasteiger partial charge is 0.276 e. The molecular weight excluding hydrogens is 316 g/mol. The fraction of sp³-hybridized carbons (Fsp3) is 0.300. The maximum Gasteiger partial charge on any atom is 0.276 e. The van der Waals surface area contributed by atoms with Gasteiger partial charge in [0.15, 0.2) is 5.72 Å². The molecule has 0 bridgehead atoms. The Morgan fingerprint density at radius 2 is 1.84 bits per heavy atom. The number of hydrogen-bond donors (Lipinski definition) is 1. The Hall–Kier alpha value is -2.66. The number of amides is 1. The van der Waals surface area contributed by atoms with Gasteiger partial charge in [-0.05, 0) is 43.2 Å². The highest BCUT2D eigenvalue weighted by molar-refractivity contribution is 5.98. The molecule has 130 valence electrons. The predicted octanol–water partition coefficient (Wildman–Crippen LogP) is 3.32. The van der Waals surface area contributed by atoms with E-state index < -0.39 is 5.72 Å². The number of aryl methyl sites for hydroxylation is 1. The summed E-state index contributed by atoms with van der Waals surface area (Å²) in [5, 5.41) is 16.7. The van der Waals surface area contributed by atoms with Gasteiger partial charge in [0.25, 0.3) is 5.91 Å². The van der Waals surface area contributed by atoms with E-state index in [0.29, 0.717) is 29.0 Å². The van der Waals surface area contributed by atoms with Gasteiger partial charge in [-0.3, -0.25) is 4.79 Å². The number of ether oxygens (including phenoxy) is 1. The molecule has 1 aliphatic rings. The van der Waals surface area contributed by atoms with Crippen molar-refractivity contribution in [2.24, 2.45) is 5.10 Å². The fourth-order valence-electron chi connectivity index (χ4n) is 3.02. The maximum absolute atomic E-state index is 12.9. The van der Waals surface area contributed by atoms with Crippen molar-refractivity contribution in [2.45, 2.75) is 32.4 Å². The van der Waals surface area contributed by atoms with Crippen LogP contribution in [0.5, 0.6) is 5.75 Å². The van der Waals surface area contributed by atoms with E-state index in [0.717, 1.165) is 6.42 Å². The lowest BCUT2D eigenvalue weighted by atomic mass is 9.96. The first kappa shape index (κ1) is 17.2. The second kappa shape index (κ2) is 6.69. The fourth-order valence-corrected chi connectivity index (χ4v) is 3.02. The first-order valence-corrected chi connectivity index (χ1v) is 8.32. The molecule has 0 aromatic heterocycles. The molecule has 0 spiro atoms.